The van der Waals surface area contributed by atoms with Gasteiger partial charge in [0.1, 0.15) is 0 Å². The average Bonchev–Trinajstić information content (AvgIpc) is 2.43. The summed E-state index contributed by atoms with van der Waals surface area (Å²) >= 11 is 0. The highest BCUT2D eigenvalue weighted by atomic mass is 14.8. The lowest BCUT2D eigenvalue weighted by molar-refractivity contribution is 0.753. The van der Waals surface area contributed by atoms with Crippen LogP contribution >= 0.6 is 0 Å². The molecule has 21 heavy (non-hydrogen) atoms. The third kappa shape index (κ3) is 7.67. The summed E-state index contributed by atoms with van der Waals surface area (Å²) in [6, 6.07) is 8.62. The normalized spacial score (nSPS) is 11.3. The molecule has 1 N–H and O–H groups in total. The van der Waals surface area contributed by atoms with Gasteiger partial charge in [0.05, 0.1) is 0 Å². The van der Waals surface area contributed by atoms with Crippen LogP contribution in [0.2, 0.25) is 0 Å². The minimum absolute atomic E-state index is 0.911. The molecule has 0 aliphatic rings. The highest BCUT2D eigenvalue weighted by Gasteiger charge is 1.95. The SMILES string of the molecule is C=C(C)c1ccc(CNC/C=C(\C)CCC=C(C)C)cc1. The van der Waals surface area contributed by atoms with Crippen LogP contribution in [0.5, 0.6) is 0 Å². The molecule has 1 aromatic rings. The van der Waals surface area contributed by atoms with Gasteiger partial charge in [0.25, 0.3) is 0 Å². The smallest absolute Gasteiger partial charge is 0.0208 e. The number of nitrogens with one attached hydrogen (secondary N) is 1. The lowest BCUT2D eigenvalue weighted by Gasteiger charge is -2.05. The van der Waals surface area contributed by atoms with E-state index in [1.807, 2.05) is 6.92 Å². The molecule has 0 aliphatic heterocycles. The van der Waals surface area contributed by atoms with E-state index in [9.17, 15) is 0 Å². The molecule has 0 heterocycles. The van der Waals surface area contributed by atoms with Gasteiger partial charge in [-0.25, -0.2) is 0 Å². The second kappa shape index (κ2) is 9.36. The van der Waals surface area contributed by atoms with E-state index in [0.717, 1.165) is 31.5 Å². The van der Waals surface area contributed by atoms with E-state index >= 15 is 0 Å². The van der Waals surface area contributed by atoms with Crippen LogP contribution in [-0.2, 0) is 6.54 Å². The van der Waals surface area contributed by atoms with E-state index in [4.69, 9.17) is 0 Å². The number of benzene rings is 1. The summed E-state index contributed by atoms with van der Waals surface area (Å²) in [4.78, 5) is 0. The van der Waals surface area contributed by atoms with Crippen molar-refractivity contribution in [1.82, 2.24) is 5.32 Å². The van der Waals surface area contributed by atoms with E-state index in [1.54, 1.807) is 0 Å². The number of allylic oxidation sites excluding steroid dienone is 4. The second-order valence-electron chi connectivity index (χ2n) is 5.98. The predicted molar refractivity (Wildman–Crippen MR) is 95.3 cm³/mol. The fourth-order valence-electron chi connectivity index (χ4n) is 2.06. The molecule has 0 aromatic heterocycles. The van der Waals surface area contributed by atoms with Crippen molar-refractivity contribution in [3.8, 4) is 0 Å². The Morgan fingerprint density at radius 1 is 1.05 bits per heavy atom. The lowest BCUT2D eigenvalue weighted by Crippen LogP contribution is -2.13. The first-order valence-electron chi connectivity index (χ1n) is 7.73. The summed E-state index contributed by atoms with van der Waals surface area (Å²) in [7, 11) is 0. The van der Waals surface area contributed by atoms with Crippen LogP contribution in [0.3, 0.4) is 0 Å². The molecule has 0 saturated carbocycles. The zero-order valence-corrected chi connectivity index (χ0v) is 14.0. The standard InChI is InChI=1S/C20H29N/c1-16(2)7-6-8-18(5)13-14-21-15-19-9-11-20(12-10-19)17(3)4/h7,9-13,21H,3,6,8,14-15H2,1-2,4-5H3/b18-13+. The minimum Gasteiger partial charge on any atom is -0.309 e. The van der Waals surface area contributed by atoms with Crippen molar-refractivity contribution in [1.29, 1.82) is 0 Å². The average molecular weight is 283 g/mol. The fraction of sp³-hybridized carbons (Fsp3) is 0.400. The van der Waals surface area contributed by atoms with Crippen molar-refractivity contribution in [3.05, 3.63) is 65.3 Å². The van der Waals surface area contributed by atoms with Gasteiger partial charge in [0.2, 0.25) is 0 Å². The molecule has 0 amide bonds. The summed E-state index contributed by atoms with van der Waals surface area (Å²) in [6.45, 7) is 14.4. The van der Waals surface area contributed by atoms with Crippen LogP contribution < -0.4 is 5.32 Å². The van der Waals surface area contributed by atoms with Crippen LogP contribution in [0.15, 0.2) is 54.1 Å². The van der Waals surface area contributed by atoms with Gasteiger partial charge in [0.15, 0.2) is 0 Å². The first kappa shape index (κ1) is 17.5. The van der Waals surface area contributed by atoms with Crippen molar-refractivity contribution < 1.29 is 0 Å². The van der Waals surface area contributed by atoms with Gasteiger partial charge in [-0.05, 0) is 51.7 Å². The molecule has 0 radical (unpaired) electrons. The molecule has 0 atom stereocenters. The molecular weight excluding hydrogens is 254 g/mol. The topological polar surface area (TPSA) is 12.0 Å². The molecular formula is C20H29N. The quantitative estimate of drug-likeness (QED) is 0.490. The predicted octanol–water partition coefficient (Wildman–Crippen LogP) is 5.50. The van der Waals surface area contributed by atoms with Gasteiger partial charge in [-0.2, -0.15) is 0 Å². The number of rotatable bonds is 8. The first-order chi connectivity index (χ1) is 9.99. The van der Waals surface area contributed by atoms with Crippen molar-refractivity contribution in [2.24, 2.45) is 0 Å². The highest BCUT2D eigenvalue weighted by Crippen LogP contribution is 2.12. The highest BCUT2D eigenvalue weighted by molar-refractivity contribution is 5.61. The van der Waals surface area contributed by atoms with Crippen molar-refractivity contribution in [2.45, 2.75) is 47.1 Å². The van der Waals surface area contributed by atoms with Crippen LogP contribution in [0.4, 0.5) is 0 Å². The molecule has 1 rings (SSSR count). The molecule has 114 valence electrons. The maximum Gasteiger partial charge on any atom is 0.0208 e. The molecule has 0 bridgehead atoms. The number of hydrogen-bond acceptors (Lipinski definition) is 1. The monoisotopic (exact) mass is 283 g/mol. The molecule has 0 spiro atoms. The maximum absolute atomic E-state index is 3.96. The third-order valence-electron chi connectivity index (χ3n) is 3.46. The Balaban J connectivity index is 2.29. The Bertz CT molecular complexity index is 499. The summed E-state index contributed by atoms with van der Waals surface area (Å²) in [5.41, 5.74) is 6.51. The fourth-order valence-corrected chi connectivity index (χ4v) is 2.06. The second-order valence-corrected chi connectivity index (χ2v) is 5.98. The molecule has 0 saturated heterocycles. The molecule has 0 unspecified atom stereocenters. The van der Waals surface area contributed by atoms with Crippen molar-refractivity contribution in [3.63, 3.8) is 0 Å². The lowest BCUT2D eigenvalue weighted by atomic mass is 10.1. The molecule has 1 aromatic carbocycles. The van der Waals surface area contributed by atoms with Crippen molar-refractivity contribution >= 4 is 5.57 Å². The van der Waals surface area contributed by atoms with E-state index in [1.165, 1.54) is 22.3 Å². The summed E-state index contributed by atoms with van der Waals surface area (Å²) < 4.78 is 0. The first-order valence-corrected chi connectivity index (χ1v) is 7.73. The molecule has 1 nitrogen and oxygen atoms in total. The molecule has 0 fully saturated rings. The van der Waals surface area contributed by atoms with E-state index < -0.39 is 0 Å². The zero-order chi connectivity index (χ0) is 15.7. The van der Waals surface area contributed by atoms with Gasteiger partial charge in [-0.1, -0.05) is 59.7 Å². The molecule has 1 heteroatoms. The van der Waals surface area contributed by atoms with Crippen LogP contribution in [0, 0.1) is 0 Å². The zero-order valence-electron chi connectivity index (χ0n) is 14.0. The Hall–Kier alpha value is -1.60. The Labute approximate surface area is 130 Å². The van der Waals surface area contributed by atoms with Gasteiger partial charge >= 0.3 is 0 Å². The third-order valence-corrected chi connectivity index (χ3v) is 3.46. The Kier molecular flexibility index (Phi) is 7.78. The minimum atomic E-state index is 0.911. The van der Waals surface area contributed by atoms with Gasteiger partial charge < -0.3 is 5.32 Å². The van der Waals surface area contributed by atoms with Gasteiger partial charge in [-0.3, -0.25) is 0 Å². The van der Waals surface area contributed by atoms with E-state index in [2.05, 4.69) is 69.1 Å². The number of hydrogen-bond donors (Lipinski definition) is 1. The van der Waals surface area contributed by atoms with Gasteiger partial charge in [-0.15, -0.1) is 0 Å². The van der Waals surface area contributed by atoms with Crippen LogP contribution in [0.25, 0.3) is 5.57 Å². The van der Waals surface area contributed by atoms with Crippen molar-refractivity contribution in [2.75, 3.05) is 6.54 Å². The van der Waals surface area contributed by atoms with Crippen LogP contribution in [0.1, 0.15) is 51.7 Å². The van der Waals surface area contributed by atoms with E-state index in [0.29, 0.717) is 0 Å². The summed E-state index contributed by atoms with van der Waals surface area (Å²) in [5, 5.41) is 3.47. The summed E-state index contributed by atoms with van der Waals surface area (Å²) in [5.74, 6) is 0. The molecule has 0 aliphatic carbocycles. The van der Waals surface area contributed by atoms with E-state index in [-0.39, 0.29) is 0 Å². The Morgan fingerprint density at radius 2 is 1.71 bits per heavy atom. The Morgan fingerprint density at radius 3 is 2.29 bits per heavy atom. The maximum atomic E-state index is 3.96. The van der Waals surface area contributed by atoms with Gasteiger partial charge in [0, 0.05) is 13.1 Å². The summed E-state index contributed by atoms with van der Waals surface area (Å²) in [6.07, 6.45) is 6.89. The van der Waals surface area contributed by atoms with Crippen LogP contribution in [-0.4, -0.2) is 6.54 Å². The largest absolute Gasteiger partial charge is 0.309 e.